The van der Waals surface area contributed by atoms with Crippen molar-refractivity contribution in [1.82, 2.24) is 4.98 Å². The van der Waals surface area contributed by atoms with Gasteiger partial charge in [-0.1, -0.05) is 18.2 Å². The lowest BCUT2D eigenvalue weighted by Gasteiger charge is -2.05. The largest absolute Gasteiger partial charge is 0.322 e. The van der Waals surface area contributed by atoms with Gasteiger partial charge in [-0.3, -0.25) is 14.6 Å². The summed E-state index contributed by atoms with van der Waals surface area (Å²) in [5, 5.41) is 2.79. The molecule has 1 aromatic carbocycles. The van der Waals surface area contributed by atoms with E-state index in [-0.39, 0.29) is 11.7 Å². The fourth-order valence-corrected chi connectivity index (χ4v) is 1.60. The molecule has 0 saturated carbocycles. The molecule has 0 aliphatic rings. The zero-order valence-electron chi connectivity index (χ0n) is 11.0. The maximum atomic E-state index is 11.9. The third-order valence-corrected chi connectivity index (χ3v) is 2.62. The van der Waals surface area contributed by atoms with Crippen molar-refractivity contribution in [3.63, 3.8) is 0 Å². The van der Waals surface area contributed by atoms with Crippen LogP contribution in [0.25, 0.3) is 6.08 Å². The molecule has 0 aliphatic heterocycles. The van der Waals surface area contributed by atoms with Gasteiger partial charge in [0.05, 0.1) is 0 Å². The molecule has 1 N–H and O–H groups in total. The first kappa shape index (κ1) is 13.7. The maximum Gasteiger partial charge on any atom is 0.255 e. The van der Waals surface area contributed by atoms with Crippen LogP contribution in [0.1, 0.15) is 22.8 Å². The average Bonchev–Trinajstić information content (AvgIpc) is 2.47. The van der Waals surface area contributed by atoms with Crippen molar-refractivity contribution in [2.24, 2.45) is 0 Å². The Morgan fingerprint density at radius 2 is 1.70 bits per heavy atom. The Balaban J connectivity index is 2.04. The van der Waals surface area contributed by atoms with Gasteiger partial charge in [0.1, 0.15) is 0 Å². The molecule has 0 aliphatic carbocycles. The Morgan fingerprint density at radius 3 is 2.30 bits per heavy atom. The van der Waals surface area contributed by atoms with E-state index in [0.717, 1.165) is 5.56 Å². The minimum Gasteiger partial charge on any atom is -0.322 e. The number of carbonyl (C=O) groups excluding carboxylic acids is 2. The molecule has 2 aromatic rings. The van der Waals surface area contributed by atoms with E-state index in [9.17, 15) is 9.59 Å². The average molecular weight is 266 g/mol. The fourth-order valence-electron chi connectivity index (χ4n) is 1.60. The molecule has 100 valence electrons. The highest BCUT2D eigenvalue weighted by molar-refractivity contribution is 6.04. The molecule has 4 nitrogen and oxygen atoms in total. The number of allylic oxidation sites excluding steroid dienone is 1. The molecule has 0 radical (unpaired) electrons. The Kier molecular flexibility index (Phi) is 4.39. The first-order chi connectivity index (χ1) is 9.65. The molecule has 4 heteroatoms. The van der Waals surface area contributed by atoms with Crippen LogP contribution in [0.3, 0.4) is 0 Å². The molecule has 1 aromatic heterocycles. The highest BCUT2D eigenvalue weighted by atomic mass is 16.1. The van der Waals surface area contributed by atoms with Gasteiger partial charge >= 0.3 is 0 Å². The van der Waals surface area contributed by atoms with Gasteiger partial charge in [0.25, 0.3) is 5.91 Å². The standard InChI is InChI=1S/C16H14N2O2/c1-12(19)2-3-13-4-6-15(7-5-13)18-16(20)14-8-10-17-11-9-14/h2-11H,1H3,(H,18,20)/b3-2+. The predicted octanol–water partition coefficient (Wildman–Crippen LogP) is 2.94. The highest BCUT2D eigenvalue weighted by Gasteiger charge is 2.04. The molecular formula is C16H14N2O2. The molecule has 0 spiro atoms. The Labute approximate surface area is 117 Å². The van der Waals surface area contributed by atoms with E-state index >= 15 is 0 Å². The van der Waals surface area contributed by atoms with Crippen LogP contribution in [0.5, 0.6) is 0 Å². The van der Waals surface area contributed by atoms with Crippen molar-refractivity contribution < 1.29 is 9.59 Å². The van der Waals surface area contributed by atoms with E-state index in [1.54, 1.807) is 42.7 Å². The van der Waals surface area contributed by atoms with Gasteiger partial charge in [-0.15, -0.1) is 0 Å². The Hall–Kier alpha value is -2.75. The Morgan fingerprint density at radius 1 is 1.05 bits per heavy atom. The number of nitrogens with one attached hydrogen (secondary N) is 1. The second-order valence-corrected chi connectivity index (χ2v) is 4.26. The minimum atomic E-state index is -0.181. The predicted molar refractivity (Wildman–Crippen MR) is 78.3 cm³/mol. The van der Waals surface area contributed by atoms with Crippen molar-refractivity contribution in [2.75, 3.05) is 5.32 Å². The summed E-state index contributed by atoms with van der Waals surface area (Å²) in [6.07, 6.45) is 6.39. The summed E-state index contributed by atoms with van der Waals surface area (Å²) in [4.78, 5) is 26.6. The number of hydrogen-bond acceptors (Lipinski definition) is 3. The van der Waals surface area contributed by atoms with E-state index in [2.05, 4.69) is 10.3 Å². The monoisotopic (exact) mass is 266 g/mol. The van der Waals surface area contributed by atoms with E-state index in [0.29, 0.717) is 11.3 Å². The van der Waals surface area contributed by atoms with Crippen molar-refractivity contribution in [2.45, 2.75) is 6.92 Å². The SMILES string of the molecule is CC(=O)/C=C/c1ccc(NC(=O)c2ccncc2)cc1. The number of anilines is 1. The van der Waals surface area contributed by atoms with Gasteiger partial charge < -0.3 is 5.32 Å². The van der Waals surface area contributed by atoms with E-state index in [4.69, 9.17) is 0 Å². The summed E-state index contributed by atoms with van der Waals surface area (Å²) in [7, 11) is 0. The van der Waals surface area contributed by atoms with E-state index in [1.807, 2.05) is 12.1 Å². The summed E-state index contributed by atoms with van der Waals surface area (Å²) in [5.41, 5.74) is 2.16. The van der Waals surface area contributed by atoms with Gasteiger partial charge in [-0.25, -0.2) is 0 Å². The minimum absolute atomic E-state index is 0.0000615. The molecule has 0 fully saturated rings. The van der Waals surface area contributed by atoms with Gasteiger partial charge in [0.15, 0.2) is 5.78 Å². The Bertz CT molecular complexity index is 631. The number of amides is 1. The zero-order valence-corrected chi connectivity index (χ0v) is 11.0. The lowest BCUT2D eigenvalue weighted by atomic mass is 10.1. The topological polar surface area (TPSA) is 59.1 Å². The number of ketones is 1. The molecule has 20 heavy (non-hydrogen) atoms. The normalized spacial score (nSPS) is 10.4. The number of aromatic nitrogens is 1. The molecule has 2 rings (SSSR count). The van der Waals surface area contributed by atoms with Gasteiger partial charge in [0.2, 0.25) is 0 Å². The summed E-state index contributed by atoms with van der Waals surface area (Å²) < 4.78 is 0. The quantitative estimate of drug-likeness (QED) is 0.865. The lowest BCUT2D eigenvalue weighted by molar-refractivity contribution is -0.112. The van der Waals surface area contributed by atoms with Crippen molar-refractivity contribution >= 4 is 23.5 Å². The highest BCUT2D eigenvalue weighted by Crippen LogP contribution is 2.12. The number of benzene rings is 1. The second kappa shape index (κ2) is 6.43. The van der Waals surface area contributed by atoms with Crippen LogP contribution in [-0.2, 0) is 4.79 Å². The van der Waals surface area contributed by atoms with E-state index in [1.165, 1.54) is 13.0 Å². The zero-order chi connectivity index (χ0) is 14.4. The van der Waals surface area contributed by atoms with Gasteiger partial charge in [-0.05, 0) is 42.8 Å². The number of hydrogen-bond donors (Lipinski definition) is 1. The van der Waals surface area contributed by atoms with Gasteiger partial charge in [-0.2, -0.15) is 0 Å². The van der Waals surface area contributed by atoms with Crippen LogP contribution >= 0.6 is 0 Å². The summed E-state index contributed by atoms with van der Waals surface area (Å²) in [6.45, 7) is 1.50. The lowest BCUT2D eigenvalue weighted by Crippen LogP contribution is -2.11. The second-order valence-electron chi connectivity index (χ2n) is 4.26. The fraction of sp³-hybridized carbons (Fsp3) is 0.0625. The molecule has 0 unspecified atom stereocenters. The molecule has 0 bridgehead atoms. The van der Waals surface area contributed by atoms with E-state index < -0.39 is 0 Å². The maximum absolute atomic E-state index is 11.9. The molecule has 1 heterocycles. The third kappa shape index (κ3) is 3.88. The first-order valence-electron chi connectivity index (χ1n) is 6.15. The van der Waals surface area contributed by atoms with Crippen LogP contribution in [-0.4, -0.2) is 16.7 Å². The summed E-state index contributed by atoms with van der Waals surface area (Å²) in [6, 6.07) is 10.6. The molecular weight excluding hydrogens is 252 g/mol. The summed E-state index contributed by atoms with van der Waals surface area (Å²) >= 11 is 0. The molecule has 0 saturated heterocycles. The van der Waals surface area contributed by atoms with Crippen molar-refractivity contribution in [3.8, 4) is 0 Å². The van der Waals surface area contributed by atoms with Crippen LogP contribution in [0, 0.1) is 0 Å². The van der Waals surface area contributed by atoms with Crippen molar-refractivity contribution in [3.05, 3.63) is 66.0 Å². The van der Waals surface area contributed by atoms with Crippen molar-refractivity contribution in [1.29, 1.82) is 0 Å². The van der Waals surface area contributed by atoms with Gasteiger partial charge in [0, 0.05) is 23.6 Å². The smallest absolute Gasteiger partial charge is 0.255 e. The number of nitrogens with zero attached hydrogens (tertiary/aromatic N) is 1. The third-order valence-electron chi connectivity index (χ3n) is 2.62. The summed E-state index contributed by atoms with van der Waals surface area (Å²) in [5.74, 6) is -0.181. The van der Waals surface area contributed by atoms with Crippen LogP contribution in [0.4, 0.5) is 5.69 Å². The number of carbonyl (C=O) groups is 2. The van der Waals surface area contributed by atoms with Crippen LogP contribution < -0.4 is 5.32 Å². The first-order valence-corrected chi connectivity index (χ1v) is 6.15. The van der Waals surface area contributed by atoms with Crippen LogP contribution in [0.15, 0.2) is 54.9 Å². The number of rotatable bonds is 4. The van der Waals surface area contributed by atoms with Crippen LogP contribution in [0.2, 0.25) is 0 Å². The number of pyridine rings is 1. The molecule has 0 atom stereocenters. The molecule has 1 amide bonds.